The van der Waals surface area contributed by atoms with E-state index in [9.17, 15) is 4.79 Å². The lowest BCUT2D eigenvalue weighted by Crippen LogP contribution is -1.97. The Morgan fingerprint density at radius 3 is 2.33 bits per heavy atom. The zero-order valence-corrected chi connectivity index (χ0v) is 10.6. The first-order valence-corrected chi connectivity index (χ1v) is 5.73. The molecule has 0 fully saturated rings. The molecule has 18 heavy (non-hydrogen) atoms. The van der Waals surface area contributed by atoms with Crippen molar-refractivity contribution in [3.05, 3.63) is 35.7 Å². The molecule has 0 spiro atoms. The van der Waals surface area contributed by atoms with Gasteiger partial charge >= 0.3 is 5.97 Å². The second-order valence-electron chi connectivity index (χ2n) is 4.45. The molecule has 5 heteroatoms. The van der Waals surface area contributed by atoms with E-state index < -0.39 is 5.97 Å². The van der Waals surface area contributed by atoms with Crippen molar-refractivity contribution in [3.63, 3.8) is 0 Å². The standard InChI is InChI=1S/C13H15N3O2/c1-8(2)11-14-12(16(3)15-11)9-4-6-10(7-5-9)13(17)18/h4-8H,1-3H3,(H,17,18). The highest BCUT2D eigenvalue weighted by Crippen LogP contribution is 2.20. The fourth-order valence-corrected chi connectivity index (χ4v) is 1.66. The minimum absolute atomic E-state index is 0.267. The number of hydrogen-bond donors (Lipinski definition) is 1. The molecule has 0 radical (unpaired) electrons. The lowest BCUT2D eigenvalue weighted by Gasteiger charge is -2.00. The summed E-state index contributed by atoms with van der Waals surface area (Å²) in [5.74, 6) is 0.871. The van der Waals surface area contributed by atoms with Gasteiger partial charge in [-0.25, -0.2) is 14.5 Å². The maximum Gasteiger partial charge on any atom is 0.335 e. The van der Waals surface area contributed by atoms with Crippen LogP contribution in [0.25, 0.3) is 11.4 Å². The largest absolute Gasteiger partial charge is 0.478 e. The summed E-state index contributed by atoms with van der Waals surface area (Å²) < 4.78 is 1.71. The Hall–Kier alpha value is -2.17. The topological polar surface area (TPSA) is 68.0 Å². The van der Waals surface area contributed by atoms with E-state index in [1.807, 2.05) is 20.9 Å². The van der Waals surface area contributed by atoms with Gasteiger partial charge in [-0.1, -0.05) is 26.0 Å². The summed E-state index contributed by atoms with van der Waals surface area (Å²) in [6.07, 6.45) is 0. The van der Waals surface area contributed by atoms with Gasteiger partial charge in [-0.3, -0.25) is 0 Å². The fraction of sp³-hybridized carbons (Fsp3) is 0.308. The number of carbonyl (C=O) groups is 1. The van der Waals surface area contributed by atoms with Crippen molar-refractivity contribution in [2.75, 3.05) is 0 Å². The van der Waals surface area contributed by atoms with Crippen LogP contribution < -0.4 is 0 Å². The number of rotatable bonds is 3. The SMILES string of the molecule is CC(C)c1nc(-c2ccc(C(=O)O)cc2)n(C)n1. The minimum Gasteiger partial charge on any atom is -0.478 e. The maximum absolute atomic E-state index is 10.8. The van der Waals surface area contributed by atoms with E-state index in [0.717, 1.165) is 17.2 Å². The van der Waals surface area contributed by atoms with Crippen LogP contribution in [0.5, 0.6) is 0 Å². The van der Waals surface area contributed by atoms with E-state index >= 15 is 0 Å². The highest BCUT2D eigenvalue weighted by molar-refractivity contribution is 5.88. The van der Waals surface area contributed by atoms with Crippen LogP contribution in [0.1, 0.15) is 35.9 Å². The summed E-state index contributed by atoms with van der Waals surface area (Å²) in [5, 5.41) is 13.2. The van der Waals surface area contributed by atoms with Crippen LogP contribution in [0.15, 0.2) is 24.3 Å². The van der Waals surface area contributed by atoms with E-state index in [0.29, 0.717) is 0 Å². The monoisotopic (exact) mass is 245 g/mol. The van der Waals surface area contributed by atoms with Gasteiger partial charge in [0.15, 0.2) is 11.6 Å². The molecule has 0 amide bonds. The summed E-state index contributed by atoms with van der Waals surface area (Å²) in [4.78, 5) is 15.2. The molecule has 1 heterocycles. The molecule has 0 aliphatic rings. The maximum atomic E-state index is 10.8. The van der Waals surface area contributed by atoms with Gasteiger partial charge in [0.05, 0.1) is 5.56 Å². The van der Waals surface area contributed by atoms with E-state index in [4.69, 9.17) is 5.11 Å². The van der Waals surface area contributed by atoms with Gasteiger partial charge in [-0.15, -0.1) is 0 Å². The molecule has 1 aromatic heterocycles. The highest BCUT2D eigenvalue weighted by atomic mass is 16.4. The van der Waals surface area contributed by atoms with Gasteiger partial charge in [0.25, 0.3) is 0 Å². The lowest BCUT2D eigenvalue weighted by atomic mass is 10.1. The Morgan fingerprint density at radius 2 is 1.89 bits per heavy atom. The molecule has 0 aliphatic carbocycles. The number of benzene rings is 1. The van der Waals surface area contributed by atoms with E-state index in [1.54, 1.807) is 28.9 Å². The quantitative estimate of drug-likeness (QED) is 0.900. The smallest absolute Gasteiger partial charge is 0.335 e. The molecule has 0 saturated heterocycles. The third kappa shape index (κ3) is 2.25. The Labute approximate surface area is 105 Å². The molecule has 1 aromatic carbocycles. The molecule has 0 unspecified atom stereocenters. The van der Waals surface area contributed by atoms with Crippen molar-refractivity contribution in [1.29, 1.82) is 0 Å². The molecular formula is C13H15N3O2. The first-order valence-electron chi connectivity index (χ1n) is 5.73. The Morgan fingerprint density at radius 1 is 1.28 bits per heavy atom. The summed E-state index contributed by atoms with van der Waals surface area (Å²) >= 11 is 0. The van der Waals surface area contributed by atoms with Crippen molar-refractivity contribution >= 4 is 5.97 Å². The molecule has 0 atom stereocenters. The summed E-state index contributed by atoms with van der Waals surface area (Å²) in [6.45, 7) is 4.07. The van der Waals surface area contributed by atoms with Crippen LogP contribution >= 0.6 is 0 Å². The van der Waals surface area contributed by atoms with Crippen LogP contribution in [0.4, 0.5) is 0 Å². The van der Waals surface area contributed by atoms with Crippen LogP contribution in [-0.4, -0.2) is 25.8 Å². The van der Waals surface area contributed by atoms with Crippen molar-refractivity contribution in [2.24, 2.45) is 7.05 Å². The molecule has 2 rings (SSSR count). The van der Waals surface area contributed by atoms with Crippen LogP contribution in [0.2, 0.25) is 0 Å². The average molecular weight is 245 g/mol. The highest BCUT2D eigenvalue weighted by Gasteiger charge is 2.12. The molecule has 0 bridgehead atoms. The molecule has 5 nitrogen and oxygen atoms in total. The van der Waals surface area contributed by atoms with Gasteiger partial charge in [-0.2, -0.15) is 5.10 Å². The zero-order chi connectivity index (χ0) is 13.3. The first kappa shape index (κ1) is 12.3. The van der Waals surface area contributed by atoms with Crippen LogP contribution in [-0.2, 0) is 7.05 Å². The summed E-state index contributed by atoms with van der Waals surface area (Å²) in [5.41, 5.74) is 1.13. The van der Waals surface area contributed by atoms with Crippen molar-refractivity contribution in [3.8, 4) is 11.4 Å². The number of aryl methyl sites for hydroxylation is 1. The first-order chi connectivity index (χ1) is 8.49. The number of carboxylic acids is 1. The third-order valence-electron chi connectivity index (χ3n) is 2.69. The van der Waals surface area contributed by atoms with Gasteiger partial charge in [0.2, 0.25) is 0 Å². The van der Waals surface area contributed by atoms with Gasteiger partial charge < -0.3 is 5.11 Å². The van der Waals surface area contributed by atoms with Crippen molar-refractivity contribution in [2.45, 2.75) is 19.8 Å². The van der Waals surface area contributed by atoms with E-state index in [1.165, 1.54) is 0 Å². The van der Waals surface area contributed by atoms with Crippen LogP contribution in [0.3, 0.4) is 0 Å². The summed E-state index contributed by atoms with van der Waals surface area (Å²) in [6, 6.07) is 6.64. The third-order valence-corrected chi connectivity index (χ3v) is 2.69. The minimum atomic E-state index is -0.928. The number of nitrogens with zero attached hydrogens (tertiary/aromatic N) is 3. The van der Waals surface area contributed by atoms with Crippen molar-refractivity contribution < 1.29 is 9.90 Å². The van der Waals surface area contributed by atoms with Gasteiger partial charge in [0, 0.05) is 18.5 Å². The molecular weight excluding hydrogens is 230 g/mol. The molecule has 0 saturated carbocycles. The molecule has 1 N–H and O–H groups in total. The normalized spacial score (nSPS) is 10.9. The Balaban J connectivity index is 2.39. The second kappa shape index (κ2) is 4.60. The van der Waals surface area contributed by atoms with Gasteiger partial charge in [0.1, 0.15) is 0 Å². The zero-order valence-electron chi connectivity index (χ0n) is 10.6. The number of aromatic nitrogens is 3. The van der Waals surface area contributed by atoms with Crippen LogP contribution in [0, 0.1) is 0 Å². The van der Waals surface area contributed by atoms with Gasteiger partial charge in [-0.05, 0) is 12.1 Å². The molecule has 94 valence electrons. The average Bonchev–Trinajstić information content (AvgIpc) is 2.71. The summed E-state index contributed by atoms with van der Waals surface area (Å²) in [7, 11) is 1.83. The Kier molecular flexibility index (Phi) is 3.14. The van der Waals surface area contributed by atoms with E-state index in [-0.39, 0.29) is 11.5 Å². The van der Waals surface area contributed by atoms with Crippen molar-refractivity contribution in [1.82, 2.24) is 14.8 Å². The second-order valence-corrected chi connectivity index (χ2v) is 4.45. The fourth-order valence-electron chi connectivity index (χ4n) is 1.66. The lowest BCUT2D eigenvalue weighted by molar-refractivity contribution is 0.0697. The predicted molar refractivity (Wildman–Crippen MR) is 67.5 cm³/mol. The number of hydrogen-bond acceptors (Lipinski definition) is 3. The molecule has 2 aromatic rings. The number of carboxylic acid groups (broad SMARTS) is 1. The Bertz CT molecular complexity index is 570. The predicted octanol–water partition coefficient (Wildman–Crippen LogP) is 2.30. The van der Waals surface area contributed by atoms with E-state index in [2.05, 4.69) is 10.1 Å². The number of aromatic carboxylic acids is 1. The molecule has 0 aliphatic heterocycles.